The highest BCUT2D eigenvalue weighted by atomic mass is 16.5. The topological polar surface area (TPSA) is 70.1 Å². The van der Waals surface area contributed by atoms with Crippen LogP contribution in [0.25, 0.3) is 5.76 Å². The Morgan fingerprint density at radius 1 is 0.973 bits per heavy atom. The van der Waals surface area contributed by atoms with Crippen molar-refractivity contribution in [1.82, 2.24) is 9.80 Å². The molecule has 1 atom stereocenters. The molecule has 0 bridgehead atoms. The molecule has 1 aliphatic heterocycles. The van der Waals surface area contributed by atoms with Crippen LogP contribution >= 0.6 is 0 Å². The number of carbonyl (C=O) groups is 2. The van der Waals surface area contributed by atoms with E-state index in [0.29, 0.717) is 24.5 Å². The molecule has 0 spiro atoms. The zero-order valence-corrected chi connectivity index (χ0v) is 21.9. The van der Waals surface area contributed by atoms with Crippen LogP contribution in [0.5, 0.6) is 5.75 Å². The lowest BCUT2D eigenvalue weighted by Crippen LogP contribution is -2.32. The van der Waals surface area contributed by atoms with Crippen LogP contribution in [-0.2, 0) is 16.2 Å². The number of aliphatic hydroxyl groups is 1. The number of ether oxygens (including phenoxy) is 1. The number of carbonyl (C=O) groups excluding carboxylic acids is 2. The van der Waals surface area contributed by atoms with E-state index in [4.69, 9.17) is 4.74 Å². The van der Waals surface area contributed by atoms with Crippen LogP contribution in [-0.4, -0.2) is 53.8 Å². The Hall–Kier alpha value is -3.90. The molecule has 6 nitrogen and oxygen atoms in total. The Morgan fingerprint density at radius 2 is 1.68 bits per heavy atom. The number of benzene rings is 3. The molecule has 0 saturated carbocycles. The van der Waals surface area contributed by atoms with E-state index in [1.165, 1.54) is 0 Å². The summed E-state index contributed by atoms with van der Waals surface area (Å²) in [6.07, 6.45) is 0.717. The van der Waals surface area contributed by atoms with Crippen molar-refractivity contribution >= 4 is 17.4 Å². The molecule has 4 rings (SSSR count). The summed E-state index contributed by atoms with van der Waals surface area (Å²) in [5.74, 6) is -0.711. The second kappa shape index (κ2) is 11.4. The Bertz CT molecular complexity index is 1300. The standard InChI is InChI=1S/C31H34N2O4/c1-21-11-13-24(14-12-21)28-27(30(35)31(36)33(28)18-8-17-32(3)4)29(34)25-15-16-26(22(2)19-25)37-20-23-9-6-5-7-10-23/h5-7,9-16,19,28,34H,8,17-18,20H2,1-4H3/b29-27+/t28-/m0/s1. The number of hydrogen-bond acceptors (Lipinski definition) is 5. The first kappa shape index (κ1) is 26.2. The molecule has 0 aliphatic carbocycles. The maximum Gasteiger partial charge on any atom is 0.295 e. The fraction of sp³-hybridized carbons (Fsp3) is 0.290. The van der Waals surface area contributed by atoms with Gasteiger partial charge in [-0.15, -0.1) is 0 Å². The third-order valence-corrected chi connectivity index (χ3v) is 6.62. The fourth-order valence-electron chi connectivity index (χ4n) is 4.61. The summed E-state index contributed by atoms with van der Waals surface area (Å²) in [6.45, 7) is 5.52. The van der Waals surface area contributed by atoms with Gasteiger partial charge in [0.1, 0.15) is 18.1 Å². The summed E-state index contributed by atoms with van der Waals surface area (Å²) in [7, 11) is 3.95. The fourth-order valence-corrected chi connectivity index (χ4v) is 4.61. The molecule has 1 saturated heterocycles. The summed E-state index contributed by atoms with van der Waals surface area (Å²) in [5.41, 5.74) is 4.36. The van der Waals surface area contributed by atoms with Crippen molar-refractivity contribution in [1.29, 1.82) is 0 Å². The van der Waals surface area contributed by atoms with E-state index in [-0.39, 0.29) is 11.3 Å². The van der Waals surface area contributed by atoms with E-state index in [9.17, 15) is 14.7 Å². The van der Waals surface area contributed by atoms with Gasteiger partial charge < -0.3 is 19.6 Å². The molecule has 0 unspecified atom stereocenters. The summed E-state index contributed by atoms with van der Waals surface area (Å²) >= 11 is 0. The van der Waals surface area contributed by atoms with E-state index in [1.807, 2.05) is 87.4 Å². The second-order valence-corrected chi connectivity index (χ2v) is 9.81. The Labute approximate surface area is 218 Å². The maximum atomic E-state index is 13.2. The summed E-state index contributed by atoms with van der Waals surface area (Å²) in [4.78, 5) is 30.0. The molecule has 3 aromatic carbocycles. The third-order valence-electron chi connectivity index (χ3n) is 6.62. The number of rotatable bonds is 9. The van der Waals surface area contributed by atoms with E-state index in [1.54, 1.807) is 23.1 Å². The minimum atomic E-state index is -0.657. The van der Waals surface area contributed by atoms with Gasteiger partial charge in [-0.3, -0.25) is 9.59 Å². The molecule has 1 aliphatic rings. The van der Waals surface area contributed by atoms with Crippen LogP contribution < -0.4 is 4.74 Å². The SMILES string of the molecule is Cc1ccc([C@H]2/C(=C(\O)c3ccc(OCc4ccccc4)c(C)c3)C(=O)C(=O)N2CCCN(C)C)cc1. The zero-order valence-electron chi connectivity index (χ0n) is 21.9. The number of hydrogen-bond donors (Lipinski definition) is 1. The number of ketones is 1. The molecule has 1 amide bonds. The predicted octanol–water partition coefficient (Wildman–Crippen LogP) is 5.26. The van der Waals surface area contributed by atoms with Crippen molar-refractivity contribution in [3.8, 4) is 5.75 Å². The average Bonchev–Trinajstić information content (AvgIpc) is 3.13. The van der Waals surface area contributed by atoms with Gasteiger partial charge in [-0.1, -0.05) is 60.2 Å². The first-order chi connectivity index (χ1) is 17.8. The number of aryl methyl sites for hydroxylation is 2. The number of aliphatic hydroxyl groups excluding tert-OH is 1. The molecule has 1 N–H and O–H groups in total. The summed E-state index contributed by atoms with van der Waals surface area (Å²) < 4.78 is 5.97. The number of nitrogens with zero attached hydrogens (tertiary/aromatic N) is 2. The summed E-state index contributed by atoms with van der Waals surface area (Å²) in [6, 6.07) is 22.3. The molecule has 192 valence electrons. The minimum Gasteiger partial charge on any atom is -0.507 e. The van der Waals surface area contributed by atoms with E-state index >= 15 is 0 Å². The van der Waals surface area contributed by atoms with Crippen LogP contribution in [0.15, 0.2) is 78.4 Å². The van der Waals surface area contributed by atoms with Crippen LogP contribution in [0.4, 0.5) is 0 Å². The Balaban J connectivity index is 1.67. The largest absolute Gasteiger partial charge is 0.507 e. The number of Topliss-reactive ketones (excluding diaryl/α,β-unsaturated/α-hetero) is 1. The second-order valence-electron chi connectivity index (χ2n) is 9.81. The van der Waals surface area contributed by atoms with Crippen molar-refractivity contribution in [3.63, 3.8) is 0 Å². The quantitative estimate of drug-likeness (QED) is 0.248. The van der Waals surface area contributed by atoms with Gasteiger partial charge in [0.2, 0.25) is 0 Å². The van der Waals surface area contributed by atoms with Crippen LogP contribution in [0.2, 0.25) is 0 Å². The molecule has 3 aromatic rings. The molecule has 1 heterocycles. The number of likely N-dealkylation sites (tertiary alicyclic amines) is 1. The summed E-state index contributed by atoms with van der Waals surface area (Å²) in [5, 5.41) is 11.4. The lowest BCUT2D eigenvalue weighted by atomic mass is 9.94. The Morgan fingerprint density at radius 3 is 2.32 bits per heavy atom. The molecular weight excluding hydrogens is 464 g/mol. The van der Waals surface area contributed by atoms with E-state index in [0.717, 1.165) is 35.2 Å². The molecular formula is C31H34N2O4. The normalized spacial score (nSPS) is 17.0. The highest BCUT2D eigenvalue weighted by Crippen LogP contribution is 2.40. The monoisotopic (exact) mass is 498 g/mol. The lowest BCUT2D eigenvalue weighted by molar-refractivity contribution is -0.139. The van der Waals surface area contributed by atoms with Crippen LogP contribution in [0.3, 0.4) is 0 Å². The Kier molecular flexibility index (Phi) is 8.09. The first-order valence-electron chi connectivity index (χ1n) is 12.5. The van der Waals surface area contributed by atoms with Crippen LogP contribution in [0, 0.1) is 13.8 Å². The average molecular weight is 499 g/mol. The minimum absolute atomic E-state index is 0.121. The highest BCUT2D eigenvalue weighted by Gasteiger charge is 2.45. The van der Waals surface area contributed by atoms with Crippen molar-refractivity contribution in [2.75, 3.05) is 27.2 Å². The maximum absolute atomic E-state index is 13.2. The first-order valence-corrected chi connectivity index (χ1v) is 12.5. The smallest absolute Gasteiger partial charge is 0.295 e. The van der Waals surface area contributed by atoms with Gasteiger partial charge in [-0.25, -0.2) is 0 Å². The zero-order chi connectivity index (χ0) is 26.5. The van der Waals surface area contributed by atoms with Gasteiger partial charge in [0.15, 0.2) is 0 Å². The van der Waals surface area contributed by atoms with E-state index < -0.39 is 17.7 Å². The molecule has 37 heavy (non-hydrogen) atoms. The molecule has 6 heteroatoms. The van der Waals surface area contributed by atoms with Crippen molar-refractivity contribution in [3.05, 3.63) is 106 Å². The van der Waals surface area contributed by atoms with Gasteiger partial charge in [0.05, 0.1) is 11.6 Å². The van der Waals surface area contributed by atoms with Crippen molar-refractivity contribution in [2.45, 2.75) is 32.9 Å². The van der Waals surface area contributed by atoms with Gasteiger partial charge in [0, 0.05) is 12.1 Å². The lowest BCUT2D eigenvalue weighted by Gasteiger charge is -2.26. The van der Waals surface area contributed by atoms with Gasteiger partial charge >= 0.3 is 0 Å². The highest BCUT2D eigenvalue weighted by molar-refractivity contribution is 6.46. The molecule has 0 aromatic heterocycles. The van der Waals surface area contributed by atoms with Gasteiger partial charge in [0.25, 0.3) is 11.7 Å². The predicted molar refractivity (Wildman–Crippen MR) is 145 cm³/mol. The van der Waals surface area contributed by atoms with Crippen LogP contribution in [0.1, 0.15) is 40.3 Å². The van der Waals surface area contributed by atoms with E-state index in [2.05, 4.69) is 0 Å². The van der Waals surface area contributed by atoms with Crippen molar-refractivity contribution in [2.24, 2.45) is 0 Å². The molecule has 1 fully saturated rings. The number of amides is 1. The van der Waals surface area contributed by atoms with Gasteiger partial charge in [-0.05, 0) is 75.8 Å². The third kappa shape index (κ3) is 5.92. The van der Waals surface area contributed by atoms with Gasteiger partial charge in [-0.2, -0.15) is 0 Å². The molecule has 0 radical (unpaired) electrons. The van der Waals surface area contributed by atoms with Crippen molar-refractivity contribution < 1.29 is 19.4 Å².